The van der Waals surface area contributed by atoms with Crippen LogP contribution in [-0.4, -0.2) is 12.5 Å². The number of nitrogens with one attached hydrogen (secondary N) is 1. The van der Waals surface area contributed by atoms with Gasteiger partial charge in [0.05, 0.1) is 0 Å². The summed E-state index contributed by atoms with van der Waals surface area (Å²) in [6.45, 7) is 7.11. The Morgan fingerprint density at radius 2 is 2.05 bits per heavy atom. The van der Waals surface area contributed by atoms with Gasteiger partial charge in [-0.15, -0.1) is 0 Å². The molecule has 0 radical (unpaired) electrons. The van der Waals surface area contributed by atoms with Crippen LogP contribution in [0.25, 0.3) is 0 Å². The van der Waals surface area contributed by atoms with E-state index in [1.807, 2.05) is 18.2 Å². The van der Waals surface area contributed by atoms with E-state index in [0.717, 1.165) is 4.73 Å². The van der Waals surface area contributed by atoms with Gasteiger partial charge < -0.3 is 15.3 Å². The van der Waals surface area contributed by atoms with Gasteiger partial charge in [-0.05, 0) is 12.1 Å². The molecule has 0 bridgehead atoms. The molecule has 0 aliphatic rings. The normalized spacial score (nSPS) is 10.1. The summed E-state index contributed by atoms with van der Waals surface area (Å²) in [6.07, 6.45) is 1.59. The molecule has 0 unspecified atom stereocenters. The first-order valence-electron chi connectivity index (χ1n) is 6.88. The van der Waals surface area contributed by atoms with Gasteiger partial charge >= 0.3 is 0 Å². The van der Waals surface area contributed by atoms with Gasteiger partial charge in [0.2, 0.25) is 5.69 Å². The zero-order valence-electron chi connectivity index (χ0n) is 12.6. The Bertz CT molecular complexity index is 697. The number of aryl methyl sites for hydroxylation is 1. The smallest absolute Gasteiger partial charge is 0.265 e. The minimum absolute atomic E-state index is 0.228. The van der Waals surface area contributed by atoms with Gasteiger partial charge in [0.25, 0.3) is 5.91 Å². The third-order valence-electron chi connectivity index (χ3n) is 3.19. The summed E-state index contributed by atoms with van der Waals surface area (Å²) >= 11 is 0. The maximum absolute atomic E-state index is 12.5. The van der Waals surface area contributed by atoms with Gasteiger partial charge in [0.1, 0.15) is 17.9 Å². The molecular formula is C17H18N2O3. The van der Waals surface area contributed by atoms with Crippen LogP contribution in [-0.2, 0) is 0 Å². The quantitative estimate of drug-likeness (QED) is 0.524. The van der Waals surface area contributed by atoms with Crippen molar-refractivity contribution in [2.24, 2.45) is 0 Å². The molecule has 0 atom stereocenters. The topological polar surface area (TPSA) is 65.3 Å². The van der Waals surface area contributed by atoms with Crippen LogP contribution < -0.4 is 14.8 Å². The summed E-state index contributed by atoms with van der Waals surface area (Å²) in [5.74, 6) is -0.0113. The fourth-order valence-corrected chi connectivity index (χ4v) is 2.12. The number of pyridine rings is 1. The Balaban J connectivity index is 2.41. The van der Waals surface area contributed by atoms with Crippen molar-refractivity contribution in [3.63, 3.8) is 0 Å². The van der Waals surface area contributed by atoms with Crippen molar-refractivity contribution in [1.29, 1.82) is 0 Å². The van der Waals surface area contributed by atoms with Crippen LogP contribution in [0.4, 0.5) is 5.69 Å². The van der Waals surface area contributed by atoms with Crippen molar-refractivity contribution in [3.8, 4) is 5.75 Å². The van der Waals surface area contributed by atoms with E-state index in [0.29, 0.717) is 22.8 Å². The fraction of sp³-hybridized carbons (Fsp3) is 0.176. The maximum Gasteiger partial charge on any atom is 0.265 e. The Morgan fingerprint density at radius 1 is 1.36 bits per heavy atom. The molecule has 1 aromatic heterocycles. The number of anilines is 1. The number of hydrogen-bond donors (Lipinski definition) is 1. The van der Waals surface area contributed by atoms with Crippen LogP contribution in [0.3, 0.4) is 0 Å². The van der Waals surface area contributed by atoms with E-state index in [2.05, 4.69) is 11.9 Å². The number of amides is 1. The molecule has 1 aromatic carbocycles. The van der Waals surface area contributed by atoms with Gasteiger partial charge in [0.15, 0.2) is 5.69 Å². The molecule has 0 saturated carbocycles. The summed E-state index contributed by atoms with van der Waals surface area (Å²) < 4.78 is 6.25. The Kier molecular flexibility index (Phi) is 4.78. The van der Waals surface area contributed by atoms with E-state index in [4.69, 9.17) is 4.74 Å². The predicted octanol–water partition coefficient (Wildman–Crippen LogP) is 2.75. The highest BCUT2D eigenvalue weighted by Gasteiger charge is 2.24. The lowest BCUT2D eigenvalue weighted by molar-refractivity contribution is -0.619. The number of hydrogen-bond acceptors (Lipinski definition) is 3. The van der Waals surface area contributed by atoms with Crippen LogP contribution in [0.15, 0.2) is 49.1 Å². The number of aromatic nitrogens is 1. The lowest BCUT2D eigenvalue weighted by Crippen LogP contribution is -2.36. The minimum Gasteiger partial charge on any atom is -0.618 e. The number of nitrogens with zero attached hydrogens (tertiary/aromatic N) is 1. The molecule has 0 aliphatic carbocycles. The first kappa shape index (κ1) is 15.6. The second-order valence-corrected chi connectivity index (χ2v) is 4.82. The van der Waals surface area contributed by atoms with Gasteiger partial charge in [0, 0.05) is 25.6 Å². The number of para-hydroxylation sites is 1. The zero-order valence-corrected chi connectivity index (χ0v) is 12.6. The minimum atomic E-state index is -0.382. The molecule has 5 heteroatoms. The molecule has 0 saturated heterocycles. The van der Waals surface area contributed by atoms with Gasteiger partial charge in [-0.25, -0.2) is 0 Å². The first-order chi connectivity index (χ1) is 10.5. The number of carbonyl (C=O) groups is 1. The average molecular weight is 298 g/mol. The van der Waals surface area contributed by atoms with Crippen molar-refractivity contribution in [2.75, 3.05) is 11.9 Å². The molecule has 2 aromatic rings. The second kappa shape index (κ2) is 6.76. The summed E-state index contributed by atoms with van der Waals surface area (Å²) in [7, 11) is 0. The van der Waals surface area contributed by atoms with Crippen LogP contribution in [0.5, 0.6) is 5.75 Å². The maximum atomic E-state index is 12.5. The number of rotatable bonds is 5. The average Bonchev–Trinajstić information content (AvgIpc) is 2.51. The Morgan fingerprint density at radius 3 is 2.68 bits per heavy atom. The highest BCUT2D eigenvalue weighted by molar-refractivity contribution is 6.06. The monoisotopic (exact) mass is 298 g/mol. The molecule has 1 N–H and O–H groups in total. The predicted molar refractivity (Wildman–Crippen MR) is 85.0 cm³/mol. The SMILES string of the molecule is C=CCOc1cc(C)[n+]([O-])c(C)c1C(=O)Nc1ccccc1. The second-order valence-electron chi connectivity index (χ2n) is 4.82. The Labute approximate surface area is 129 Å². The summed E-state index contributed by atoms with van der Waals surface area (Å²) in [6, 6.07) is 10.6. The molecule has 0 spiro atoms. The highest BCUT2D eigenvalue weighted by atomic mass is 16.5. The fourth-order valence-electron chi connectivity index (χ4n) is 2.12. The van der Waals surface area contributed by atoms with E-state index < -0.39 is 0 Å². The molecule has 22 heavy (non-hydrogen) atoms. The standard InChI is InChI=1S/C17H18N2O3/c1-4-10-22-15-11-12(2)19(21)13(3)16(15)17(20)18-14-8-6-5-7-9-14/h4-9,11H,1,10H2,2-3H3,(H,18,20). The van der Waals surface area contributed by atoms with Crippen molar-refractivity contribution < 1.29 is 14.3 Å². The van der Waals surface area contributed by atoms with E-state index >= 15 is 0 Å². The summed E-state index contributed by atoms with van der Waals surface area (Å²) in [5, 5.41) is 14.8. The van der Waals surface area contributed by atoms with E-state index in [1.54, 1.807) is 38.1 Å². The molecule has 114 valence electrons. The first-order valence-corrected chi connectivity index (χ1v) is 6.88. The van der Waals surface area contributed by atoms with Gasteiger partial charge in [-0.2, -0.15) is 4.73 Å². The molecule has 5 nitrogen and oxygen atoms in total. The Hall–Kier alpha value is -2.82. The third kappa shape index (κ3) is 3.25. The van der Waals surface area contributed by atoms with Crippen molar-refractivity contribution in [3.05, 3.63) is 71.2 Å². The third-order valence-corrected chi connectivity index (χ3v) is 3.19. The van der Waals surface area contributed by atoms with E-state index in [-0.39, 0.29) is 18.1 Å². The van der Waals surface area contributed by atoms with Crippen molar-refractivity contribution >= 4 is 11.6 Å². The van der Waals surface area contributed by atoms with Crippen LogP contribution in [0.2, 0.25) is 0 Å². The van der Waals surface area contributed by atoms with Crippen LogP contribution in [0, 0.1) is 19.1 Å². The lowest BCUT2D eigenvalue weighted by Gasteiger charge is -2.14. The van der Waals surface area contributed by atoms with Crippen molar-refractivity contribution in [1.82, 2.24) is 0 Å². The number of ether oxygens (including phenoxy) is 1. The molecule has 1 heterocycles. The lowest BCUT2D eigenvalue weighted by atomic mass is 10.1. The summed E-state index contributed by atoms with van der Waals surface area (Å²) in [5.41, 5.74) is 1.64. The van der Waals surface area contributed by atoms with E-state index in [1.165, 1.54) is 0 Å². The number of benzene rings is 1. The van der Waals surface area contributed by atoms with Gasteiger partial charge in [-0.1, -0.05) is 30.9 Å². The molecule has 1 amide bonds. The zero-order chi connectivity index (χ0) is 16.1. The molecule has 0 fully saturated rings. The van der Waals surface area contributed by atoms with Crippen LogP contribution >= 0.6 is 0 Å². The summed E-state index contributed by atoms with van der Waals surface area (Å²) in [4.78, 5) is 12.5. The van der Waals surface area contributed by atoms with Gasteiger partial charge in [-0.3, -0.25) is 4.79 Å². The molecular weight excluding hydrogens is 280 g/mol. The molecule has 0 aliphatic heterocycles. The molecule has 2 rings (SSSR count). The largest absolute Gasteiger partial charge is 0.618 e. The number of carbonyl (C=O) groups excluding carboxylic acids is 1. The highest BCUT2D eigenvalue weighted by Crippen LogP contribution is 2.23. The van der Waals surface area contributed by atoms with Crippen molar-refractivity contribution in [2.45, 2.75) is 13.8 Å². The van der Waals surface area contributed by atoms with E-state index in [9.17, 15) is 10.0 Å². The van der Waals surface area contributed by atoms with Crippen LogP contribution in [0.1, 0.15) is 21.7 Å².